The Morgan fingerprint density at radius 2 is 2.33 bits per heavy atom. The lowest BCUT2D eigenvalue weighted by Crippen LogP contribution is -2.39. The highest BCUT2D eigenvalue weighted by atomic mass is 19.2. The maximum atomic E-state index is 13.9. The number of imidazole rings is 1. The van der Waals surface area contributed by atoms with E-state index < -0.39 is 35.8 Å². The molecule has 112 valence electrons. The van der Waals surface area contributed by atoms with Crippen molar-refractivity contribution in [3.05, 3.63) is 22.5 Å². The first kappa shape index (κ1) is 13.5. The Bertz CT molecular complexity index is 815. The van der Waals surface area contributed by atoms with Gasteiger partial charge in [-0.3, -0.25) is 14.3 Å². The number of nitrogens with one attached hydrogen (secondary N) is 1. The number of alkyl halides is 1. The van der Waals surface area contributed by atoms with Crippen LogP contribution in [0.3, 0.4) is 0 Å². The molecule has 2 aromatic heterocycles. The van der Waals surface area contributed by atoms with Crippen LogP contribution in [0.1, 0.15) is 0 Å². The van der Waals surface area contributed by atoms with Crippen molar-refractivity contribution in [2.24, 2.45) is 0 Å². The average Bonchev–Trinajstić information content (AvgIpc) is 2.95. The molecule has 1 aliphatic heterocycles. The molecular formula is C10H9F2N5O4. The zero-order valence-electron chi connectivity index (χ0n) is 10.2. The quantitative estimate of drug-likeness (QED) is 0.549. The van der Waals surface area contributed by atoms with Crippen LogP contribution >= 0.6 is 0 Å². The van der Waals surface area contributed by atoms with Crippen LogP contribution in [0.2, 0.25) is 0 Å². The van der Waals surface area contributed by atoms with E-state index in [4.69, 9.17) is 10.8 Å². The number of aliphatic hydroxyl groups excluding tert-OH is 2. The lowest BCUT2D eigenvalue weighted by molar-refractivity contribution is -0.165. The molecule has 11 heteroatoms. The van der Waals surface area contributed by atoms with Crippen LogP contribution in [-0.2, 0) is 4.74 Å². The van der Waals surface area contributed by atoms with Gasteiger partial charge in [-0.1, -0.05) is 0 Å². The Labute approximate surface area is 114 Å². The third-order valence-corrected chi connectivity index (χ3v) is 2.98. The minimum atomic E-state index is -3.03. The van der Waals surface area contributed by atoms with Crippen molar-refractivity contribution in [1.82, 2.24) is 19.5 Å². The van der Waals surface area contributed by atoms with E-state index in [9.17, 15) is 18.7 Å². The van der Waals surface area contributed by atoms with Gasteiger partial charge in [0, 0.05) is 0 Å². The minimum Gasteiger partial charge on any atom is -0.434 e. The zero-order valence-corrected chi connectivity index (χ0v) is 10.2. The first-order chi connectivity index (χ1) is 9.87. The van der Waals surface area contributed by atoms with E-state index in [1.807, 2.05) is 0 Å². The number of hydrogen-bond donors (Lipinski definition) is 4. The predicted molar refractivity (Wildman–Crippen MR) is 64.9 cm³/mol. The van der Waals surface area contributed by atoms with Gasteiger partial charge < -0.3 is 20.7 Å². The van der Waals surface area contributed by atoms with Gasteiger partial charge >= 0.3 is 5.85 Å². The first-order valence-electron chi connectivity index (χ1n) is 5.67. The number of nitrogens with zero attached hydrogens (tertiary/aromatic N) is 3. The van der Waals surface area contributed by atoms with Gasteiger partial charge in [-0.2, -0.15) is 9.37 Å². The number of rotatable bonds is 2. The molecule has 2 atom stereocenters. The number of fused-ring (bicyclic) bond motifs is 1. The van der Waals surface area contributed by atoms with Gasteiger partial charge in [0.05, 0.1) is 0 Å². The van der Waals surface area contributed by atoms with E-state index >= 15 is 0 Å². The summed E-state index contributed by atoms with van der Waals surface area (Å²) in [6.45, 7) is -1.27. The third kappa shape index (κ3) is 1.78. The minimum absolute atomic E-state index is 0.178. The molecule has 5 N–H and O–H groups in total. The molecule has 3 rings (SSSR count). The summed E-state index contributed by atoms with van der Waals surface area (Å²) in [5.41, 5.74) is 4.33. The molecule has 0 unspecified atom stereocenters. The van der Waals surface area contributed by atoms with Crippen LogP contribution in [-0.4, -0.2) is 48.3 Å². The SMILES string of the molecule is Nc1nc2c(ncn2C2=C(F)[C@H](O)[C@@](F)(CO)O2)c(=O)[nH]1. The Morgan fingerprint density at radius 3 is 2.95 bits per heavy atom. The number of aromatic amines is 1. The molecule has 0 bridgehead atoms. The van der Waals surface area contributed by atoms with Crippen LogP contribution in [0.15, 0.2) is 16.9 Å². The van der Waals surface area contributed by atoms with Crippen LogP contribution in [0.5, 0.6) is 0 Å². The first-order valence-corrected chi connectivity index (χ1v) is 5.67. The molecule has 0 fully saturated rings. The molecule has 9 nitrogen and oxygen atoms in total. The van der Waals surface area contributed by atoms with E-state index in [-0.39, 0.29) is 17.1 Å². The van der Waals surface area contributed by atoms with Crippen molar-refractivity contribution in [3.63, 3.8) is 0 Å². The molecule has 2 aromatic rings. The third-order valence-electron chi connectivity index (χ3n) is 2.98. The van der Waals surface area contributed by atoms with Gasteiger partial charge in [0.15, 0.2) is 23.1 Å². The Morgan fingerprint density at radius 1 is 1.62 bits per heavy atom. The number of H-pyrrole nitrogens is 1. The highest BCUT2D eigenvalue weighted by Crippen LogP contribution is 2.39. The number of nitrogens with two attached hydrogens (primary N) is 1. The summed E-state index contributed by atoms with van der Waals surface area (Å²) < 4.78 is 33.3. The predicted octanol–water partition coefficient (Wildman–Crippen LogP) is -1.15. The number of anilines is 1. The highest BCUT2D eigenvalue weighted by Gasteiger charge is 2.52. The second kappa shape index (κ2) is 4.23. The fourth-order valence-corrected chi connectivity index (χ4v) is 1.93. The number of aromatic nitrogens is 4. The van der Waals surface area contributed by atoms with Crippen LogP contribution in [0.25, 0.3) is 17.0 Å². The second-order valence-corrected chi connectivity index (χ2v) is 4.34. The van der Waals surface area contributed by atoms with E-state index in [0.717, 1.165) is 10.9 Å². The molecular weight excluding hydrogens is 292 g/mol. The monoisotopic (exact) mass is 301 g/mol. The van der Waals surface area contributed by atoms with Crippen LogP contribution < -0.4 is 11.3 Å². The van der Waals surface area contributed by atoms with Gasteiger partial charge in [-0.25, -0.2) is 9.37 Å². The van der Waals surface area contributed by atoms with Crippen molar-refractivity contribution >= 4 is 23.0 Å². The summed E-state index contributed by atoms with van der Waals surface area (Å²) in [6.07, 6.45) is -1.36. The Kier molecular flexibility index (Phi) is 2.71. The highest BCUT2D eigenvalue weighted by molar-refractivity contribution is 5.74. The number of aliphatic hydroxyl groups is 2. The van der Waals surface area contributed by atoms with Crippen molar-refractivity contribution < 1.29 is 23.7 Å². The molecule has 0 spiro atoms. The molecule has 21 heavy (non-hydrogen) atoms. The Balaban J connectivity index is 2.20. The van der Waals surface area contributed by atoms with Crippen molar-refractivity contribution in [2.45, 2.75) is 12.0 Å². The molecule has 1 aliphatic rings. The van der Waals surface area contributed by atoms with Crippen LogP contribution in [0, 0.1) is 0 Å². The topological polar surface area (TPSA) is 139 Å². The molecule has 3 heterocycles. The number of nitrogen functional groups attached to an aromatic ring is 1. The largest absolute Gasteiger partial charge is 0.434 e. The average molecular weight is 301 g/mol. The fraction of sp³-hybridized carbons (Fsp3) is 0.300. The van der Waals surface area contributed by atoms with E-state index in [2.05, 4.69) is 19.7 Å². The summed E-state index contributed by atoms with van der Waals surface area (Å²) in [5, 5.41) is 18.3. The molecule has 0 amide bonds. The van der Waals surface area contributed by atoms with Crippen molar-refractivity contribution in [2.75, 3.05) is 12.3 Å². The van der Waals surface area contributed by atoms with Gasteiger partial charge in [-0.15, -0.1) is 0 Å². The normalized spacial score (nSPS) is 25.6. The summed E-state index contributed by atoms with van der Waals surface area (Å²) in [4.78, 5) is 21.2. The van der Waals surface area contributed by atoms with E-state index in [1.54, 1.807) is 0 Å². The lowest BCUT2D eigenvalue weighted by atomic mass is 10.2. The zero-order chi connectivity index (χ0) is 15.4. The van der Waals surface area contributed by atoms with Crippen LogP contribution in [0.4, 0.5) is 14.7 Å². The second-order valence-electron chi connectivity index (χ2n) is 4.34. The number of hydrogen-bond acceptors (Lipinski definition) is 7. The molecule has 0 aromatic carbocycles. The van der Waals surface area contributed by atoms with Gasteiger partial charge in [0.2, 0.25) is 11.8 Å². The number of ether oxygens (including phenoxy) is 1. The van der Waals surface area contributed by atoms with Gasteiger partial charge in [-0.05, 0) is 0 Å². The van der Waals surface area contributed by atoms with Crippen molar-refractivity contribution in [1.29, 1.82) is 0 Å². The van der Waals surface area contributed by atoms with Gasteiger partial charge in [0.25, 0.3) is 5.56 Å². The maximum absolute atomic E-state index is 13.9. The summed E-state index contributed by atoms with van der Waals surface area (Å²) >= 11 is 0. The summed E-state index contributed by atoms with van der Waals surface area (Å²) in [6, 6.07) is 0. The summed E-state index contributed by atoms with van der Waals surface area (Å²) in [5.74, 6) is -5.42. The fourth-order valence-electron chi connectivity index (χ4n) is 1.93. The molecule has 0 radical (unpaired) electrons. The molecule has 0 saturated heterocycles. The molecule has 0 aliphatic carbocycles. The summed E-state index contributed by atoms with van der Waals surface area (Å²) in [7, 11) is 0. The molecule has 0 saturated carbocycles. The maximum Gasteiger partial charge on any atom is 0.304 e. The Hall–Kier alpha value is -2.53. The number of halogens is 2. The van der Waals surface area contributed by atoms with Gasteiger partial charge in [0.1, 0.15) is 12.9 Å². The lowest BCUT2D eigenvalue weighted by Gasteiger charge is -2.20. The van der Waals surface area contributed by atoms with Crippen molar-refractivity contribution in [3.8, 4) is 0 Å². The smallest absolute Gasteiger partial charge is 0.304 e. The van der Waals surface area contributed by atoms with E-state index in [0.29, 0.717) is 0 Å². The van der Waals surface area contributed by atoms with E-state index in [1.165, 1.54) is 0 Å². The standard InChI is InChI=1S/C10H9F2N5O4/c11-3-5(19)10(12,1-18)21-8(3)17-2-14-4-6(17)15-9(13)16-7(4)20/h2,5,18-19H,1H2,(H3,13,15,16,20)/t5-,10+/m0/s1.